The molecule has 1 saturated heterocycles. The van der Waals surface area contributed by atoms with Gasteiger partial charge < -0.3 is 14.2 Å². The number of rotatable bonds is 5. The summed E-state index contributed by atoms with van der Waals surface area (Å²) in [5.41, 5.74) is 2.01. The molecule has 0 bridgehead atoms. The third-order valence-corrected chi connectivity index (χ3v) is 5.56. The van der Waals surface area contributed by atoms with Crippen molar-refractivity contribution in [3.63, 3.8) is 0 Å². The van der Waals surface area contributed by atoms with Crippen molar-refractivity contribution < 1.29 is 9.26 Å². The van der Waals surface area contributed by atoms with Crippen LogP contribution in [0.25, 0.3) is 10.6 Å². The van der Waals surface area contributed by atoms with Gasteiger partial charge in [-0.05, 0) is 6.92 Å². The number of anilines is 1. The van der Waals surface area contributed by atoms with E-state index in [1.54, 1.807) is 18.4 Å². The molecular formula is C18H20N4O2S. The number of methoxy groups -OCH3 is 1. The molecule has 0 amide bonds. The number of hydrogen-bond donors (Lipinski definition) is 0. The van der Waals surface area contributed by atoms with Crippen molar-refractivity contribution in [2.45, 2.75) is 19.4 Å². The highest BCUT2D eigenvalue weighted by atomic mass is 32.1. The molecule has 0 N–H and O–H groups in total. The summed E-state index contributed by atoms with van der Waals surface area (Å²) in [4.78, 5) is 2.26. The van der Waals surface area contributed by atoms with E-state index in [0.717, 1.165) is 46.7 Å². The average Bonchev–Trinajstić information content (AvgIpc) is 3.35. The van der Waals surface area contributed by atoms with Gasteiger partial charge in [0.2, 0.25) is 5.13 Å². The summed E-state index contributed by atoms with van der Waals surface area (Å²) < 4.78 is 11.1. The SMILES string of the molecule is COC1CN(c2nnc(-c3ccccc3)s2)CC1Cc1cc(C)no1. The molecular weight excluding hydrogens is 336 g/mol. The molecule has 0 aliphatic carbocycles. The van der Waals surface area contributed by atoms with E-state index in [0.29, 0.717) is 5.92 Å². The van der Waals surface area contributed by atoms with E-state index in [9.17, 15) is 0 Å². The highest BCUT2D eigenvalue weighted by Gasteiger charge is 2.35. The van der Waals surface area contributed by atoms with Gasteiger partial charge in [0.1, 0.15) is 10.8 Å². The van der Waals surface area contributed by atoms with Crippen LogP contribution in [0.15, 0.2) is 40.9 Å². The third kappa shape index (κ3) is 3.43. The molecule has 7 heteroatoms. The van der Waals surface area contributed by atoms with Gasteiger partial charge in [-0.2, -0.15) is 0 Å². The van der Waals surface area contributed by atoms with Gasteiger partial charge in [0.15, 0.2) is 0 Å². The molecule has 1 fully saturated rings. The molecule has 3 aromatic rings. The topological polar surface area (TPSA) is 64.3 Å². The lowest BCUT2D eigenvalue weighted by atomic mass is 10.0. The van der Waals surface area contributed by atoms with E-state index in [4.69, 9.17) is 9.26 Å². The zero-order valence-corrected chi connectivity index (χ0v) is 15.1. The summed E-state index contributed by atoms with van der Waals surface area (Å²) in [6.07, 6.45) is 0.967. The zero-order valence-electron chi connectivity index (χ0n) is 14.3. The van der Waals surface area contributed by atoms with E-state index in [2.05, 4.69) is 32.4 Å². The van der Waals surface area contributed by atoms with Crippen LogP contribution in [0.1, 0.15) is 11.5 Å². The summed E-state index contributed by atoms with van der Waals surface area (Å²) in [6.45, 7) is 3.63. The Kier molecular flexibility index (Phi) is 4.50. The number of aromatic nitrogens is 3. The van der Waals surface area contributed by atoms with Gasteiger partial charge in [0, 0.05) is 44.2 Å². The number of hydrogen-bond acceptors (Lipinski definition) is 7. The normalized spacial score (nSPS) is 20.3. The lowest BCUT2D eigenvalue weighted by molar-refractivity contribution is 0.0813. The van der Waals surface area contributed by atoms with Gasteiger partial charge in [-0.3, -0.25) is 0 Å². The molecule has 6 nitrogen and oxygen atoms in total. The smallest absolute Gasteiger partial charge is 0.208 e. The lowest BCUT2D eigenvalue weighted by Crippen LogP contribution is -2.23. The Bertz CT molecular complexity index is 832. The number of benzene rings is 1. The van der Waals surface area contributed by atoms with Crippen LogP contribution in [0.2, 0.25) is 0 Å². The third-order valence-electron chi connectivity index (χ3n) is 4.53. The molecule has 2 aromatic heterocycles. The largest absolute Gasteiger partial charge is 0.379 e. The molecule has 3 heterocycles. The van der Waals surface area contributed by atoms with Gasteiger partial charge >= 0.3 is 0 Å². The van der Waals surface area contributed by atoms with Gasteiger partial charge in [-0.25, -0.2) is 0 Å². The molecule has 0 radical (unpaired) electrons. The van der Waals surface area contributed by atoms with Crippen molar-refractivity contribution in [2.24, 2.45) is 5.92 Å². The lowest BCUT2D eigenvalue weighted by Gasteiger charge is -2.14. The second-order valence-corrected chi connectivity index (χ2v) is 7.29. The Morgan fingerprint density at radius 3 is 2.80 bits per heavy atom. The molecule has 1 aromatic carbocycles. The molecule has 1 aliphatic rings. The van der Waals surface area contributed by atoms with Crippen molar-refractivity contribution in [2.75, 3.05) is 25.1 Å². The predicted octanol–water partition coefficient (Wildman–Crippen LogP) is 3.20. The molecule has 130 valence electrons. The first-order chi connectivity index (χ1) is 12.2. The number of ether oxygens (including phenoxy) is 1. The minimum Gasteiger partial charge on any atom is -0.379 e. The van der Waals surface area contributed by atoms with Gasteiger partial charge in [-0.1, -0.05) is 46.8 Å². The van der Waals surface area contributed by atoms with Gasteiger partial charge in [0.25, 0.3) is 0 Å². The molecule has 0 saturated carbocycles. The highest BCUT2D eigenvalue weighted by Crippen LogP contribution is 2.33. The fourth-order valence-corrected chi connectivity index (χ4v) is 4.14. The zero-order chi connectivity index (χ0) is 17.2. The minimum atomic E-state index is 0.148. The Hall–Kier alpha value is -2.25. The van der Waals surface area contributed by atoms with Crippen LogP contribution >= 0.6 is 11.3 Å². The summed E-state index contributed by atoms with van der Waals surface area (Å²) in [6, 6.07) is 12.1. The van der Waals surface area contributed by atoms with Crippen molar-refractivity contribution in [3.8, 4) is 10.6 Å². The Balaban J connectivity index is 1.49. The quantitative estimate of drug-likeness (QED) is 0.699. The Labute approximate surface area is 150 Å². The maximum Gasteiger partial charge on any atom is 0.208 e. The van der Waals surface area contributed by atoms with E-state index in [1.165, 1.54) is 0 Å². The Morgan fingerprint density at radius 1 is 1.24 bits per heavy atom. The van der Waals surface area contributed by atoms with Crippen molar-refractivity contribution in [1.82, 2.24) is 15.4 Å². The number of nitrogens with zero attached hydrogens (tertiary/aromatic N) is 4. The van der Waals surface area contributed by atoms with Crippen LogP contribution in [0.4, 0.5) is 5.13 Å². The van der Waals surface area contributed by atoms with E-state index >= 15 is 0 Å². The summed E-state index contributed by atoms with van der Waals surface area (Å²) in [5, 5.41) is 14.6. The molecule has 1 aliphatic heterocycles. The van der Waals surface area contributed by atoms with Gasteiger partial charge in [0.05, 0.1) is 11.8 Å². The standard InChI is InChI=1S/C18H20N4O2S/c1-12-8-15(24-21-12)9-14-10-22(11-16(14)23-2)18-20-19-17(25-18)13-6-4-3-5-7-13/h3-8,14,16H,9-11H2,1-2H3. The van der Waals surface area contributed by atoms with Crippen molar-refractivity contribution in [1.29, 1.82) is 0 Å². The molecule has 25 heavy (non-hydrogen) atoms. The van der Waals surface area contributed by atoms with Crippen LogP contribution in [-0.4, -0.2) is 41.7 Å². The van der Waals surface area contributed by atoms with Crippen LogP contribution in [0.3, 0.4) is 0 Å². The first kappa shape index (κ1) is 16.2. The maximum absolute atomic E-state index is 5.70. The van der Waals surface area contributed by atoms with E-state index < -0.39 is 0 Å². The molecule has 2 atom stereocenters. The Morgan fingerprint density at radius 2 is 2.08 bits per heavy atom. The molecule has 0 spiro atoms. The first-order valence-electron chi connectivity index (χ1n) is 8.32. The minimum absolute atomic E-state index is 0.148. The van der Waals surface area contributed by atoms with Crippen molar-refractivity contribution >= 4 is 16.5 Å². The summed E-state index contributed by atoms with van der Waals surface area (Å²) >= 11 is 1.62. The molecule has 2 unspecified atom stereocenters. The second-order valence-electron chi connectivity index (χ2n) is 6.33. The van der Waals surface area contributed by atoms with Crippen LogP contribution in [-0.2, 0) is 11.2 Å². The second kappa shape index (κ2) is 6.93. The predicted molar refractivity (Wildman–Crippen MR) is 96.8 cm³/mol. The summed E-state index contributed by atoms with van der Waals surface area (Å²) in [7, 11) is 1.77. The highest BCUT2D eigenvalue weighted by molar-refractivity contribution is 7.18. The fourth-order valence-electron chi connectivity index (χ4n) is 3.27. The monoisotopic (exact) mass is 356 g/mol. The van der Waals surface area contributed by atoms with Gasteiger partial charge in [-0.15, -0.1) is 10.2 Å². The van der Waals surface area contributed by atoms with E-state index in [1.807, 2.05) is 31.2 Å². The number of aryl methyl sites for hydroxylation is 1. The molecule has 4 rings (SSSR count). The van der Waals surface area contributed by atoms with Crippen LogP contribution in [0.5, 0.6) is 0 Å². The summed E-state index contributed by atoms with van der Waals surface area (Å²) in [5.74, 6) is 1.26. The fraction of sp³-hybridized carbons (Fsp3) is 0.389. The maximum atomic E-state index is 5.70. The van der Waals surface area contributed by atoms with E-state index in [-0.39, 0.29) is 6.10 Å². The van der Waals surface area contributed by atoms with Crippen LogP contribution in [0, 0.1) is 12.8 Å². The first-order valence-corrected chi connectivity index (χ1v) is 9.13. The van der Waals surface area contributed by atoms with Crippen molar-refractivity contribution in [3.05, 3.63) is 47.9 Å². The van der Waals surface area contributed by atoms with Crippen LogP contribution < -0.4 is 4.90 Å². The average molecular weight is 356 g/mol.